The van der Waals surface area contributed by atoms with Gasteiger partial charge in [-0.15, -0.1) is 11.3 Å². The minimum atomic E-state index is -3.10. The summed E-state index contributed by atoms with van der Waals surface area (Å²) >= 11 is 1.28. The summed E-state index contributed by atoms with van der Waals surface area (Å²) in [6.45, 7) is 3.06. The molecule has 1 amide bonds. The monoisotopic (exact) mass is 412 g/mol. The lowest BCUT2D eigenvalue weighted by atomic mass is 10.1. The van der Waals surface area contributed by atoms with E-state index in [9.17, 15) is 17.6 Å². The van der Waals surface area contributed by atoms with E-state index in [1.807, 2.05) is 25.1 Å². The average molecular weight is 413 g/mol. The molecule has 148 valence electrons. The lowest BCUT2D eigenvalue weighted by molar-refractivity contribution is 0.0695. The number of fused-ring (bicyclic) bond motifs is 1. The molecule has 8 heteroatoms. The van der Waals surface area contributed by atoms with Crippen molar-refractivity contribution in [2.45, 2.75) is 25.8 Å². The van der Waals surface area contributed by atoms with Gasteiger partial charge in [-0.25, -0.2) is 12.8 Å². The van der Waals surface area contributed by atoms with Crippen LogP contribution in [0.5, 0.6) is 0 Å². The molecule has 0 N–H and O–H groups in total. The molecule has 2 heterocycles. The number of aryl methyl sites for hydroxylation is 1. The van der Waals surface area contributed by atoms with Gasteiger partial charge in [0.2, 0.25) is 0 Å². The van der Waals surface area contributed by atoms with Crippen LogP contribution in [0.3, 0.4) is 0 Å². The van der Waals surface area contributed by atoms with Crippen LogP contribution in [0.1, 0.15) is 28.1 Å². The van der Waals surface area contributed by atoms with Crippen LogP contribution in [0.4, 0.5) is 4.39 Å². The molecule has 1 aliphatic rings. The van der Waals surface area contributed by atoms with Crippen LogP contribution in [0.15, 0.2) is 18.2 Å². The lowest BCUT2D eigenvalue weighted by Crippen LogP contribution is -2.42. The van der Waals surface area contributed by atoms with Crippen molar-refractivity contribution in [1.29, 1.82) is 0 Å². The first-order valence-corrected chi connectivity index (χ1v) is 11.7. The van der Waals surface area contributed by atoms with Gasteiger partial charge in [-0.1, -0.05) is 6.07 Å². The Morgan fingerprint density at radius 1 is 1.30 bits per heavy atom. The number of carbonyl (C=O) groups excluding carboxylic acids is 1. The number of nitrogens with zero attached hydrogens (tertiary/aromatic N) is 2. The Labute approximate surface area is 163 Å². The molecule has 0 bridgehead atoms. The molecule has 1 aromatic carbocycles. The van der Waals surface area contributed by atoms with E-state index in [1.54, 1.807) is 17.9 Å². The first kappa shape index (κ1) is 20.2. The molecule has 0 radical (unpaired) electrons. The predicted molar refractivity (Wildman–Crippen MR) is 108 cm³/mol. The van der Waals surface area contributed by atoms with Gasteiger partial charge in [-0.3, -0.25) is 4.79 Å². The Kier molecular flexibility index (Phi) is 5.88. The zero-order valence-corrected chi connectivity index (χ0v) is 17.5. The number of thiophene rings is 1. The normalized spacial score (nSPS) is 19.1. The van der Waals surface area contributed by atoms with Crippen molar-refractivity contribution >= 4 is 37.2 Å². The Morgan fingerprint density at radius 2 is 2.04 bits per heavy atom. The van der Waals surface area contributed by atoms with Crippen LogP contribution in [-0.4, -0.2) is 68.9 Å². The first-order valence-electron chi connectivity index (χ1n) is 9.03. The summed E-state index contributed by atoms with van der Waals surface area (Å²) in [5.41, 5.74) is 0.636. The van der Waals surface area contributed by atoms with Gasteiger partial charge in [0.05, 0.1) is 16.4 Å². The predicted octanol–water partition coefficient (Wildman–Crippen LogP) is 2.93. The van der Waals surface area contributed by atoms with Gasteiger partial charge in [-0.05, 0) is 58.1 Å². The number of hydrogen-bond acceptors (Lipinski definition) is 5. The second-order valence-corrected chi connectivity index (χ2v) is 10.7. The summed E-state index contributed by atoms with van der Waals surface area (Å²) in [6, 6.07) is 4.54. The highest BCUT2D eigenvalue weighted by Crippen LogP contribution is 2.34. The molecule has 1 unspecified atom stereocenters. The summed E-state index contributed by atoms with van der Waals surface area (Å²) < 4.78 is 38.8. The van der Waals surface area contributed by atoms with E-state index in [0.29, 0.717) is 28.8 Å². The molecule has 0 aliphatic carbocycles. The van der Waals surface area contributed by atoms with Gasteiger partial charge < -0.3 is 9.80 Å². The van der Waals surface area contributed by atoms with Crippen LogP contribution in [0.25, 0.3) is 10.1 Å². The second-order valence-electron chi connectivity index (χ2n) is 7.38. The molecular weight excluding hydrogens is 387 g/mol. The molecule has 0 saturated carbocycles. The third-order valence-corrected chi connectivity index (χ3v) is 8.01. The highest BCUT2D eigenvalue weighted by molar-refractivity contribution is 7.91. The van der Waals surface area contributed by atoms with Crippen LogP contribution in [0.2, 0.25) is 0 Å². The minimum Gasteiger partial charge on any atom is -0.334 e. The summed E-state index contributed by atoms with van der Waals surface area (Å²) in [5, 5.41) is 0.484. The Hall–Kier alpha value is -1.51. The quantitative estimate of drug-likeness (QED) is 0.732. The maximum atomic E-state index is 14.2. The molecule has 1 aliphatic heterocycles. The summed E-state index contributed by atoms with van der Waals surface area (Å²) in [4.78, 5) is 17.6. The molecule has 5 nitrogen and oxygen atoms in total. The van der Waals surface area contributed by atoms with Gasteiger partial charge in [0.15, 0.2) is 9.84 Å². The van der Waals surface area contributed by atoms with Gasteiger partial charge in [0.1, 0.15) is 5.82 Å². The standard InChI is InChI=1S/C19H25FN2O3S2/c1-13-17-15(20)6-4-7-16(17)26-18(13)19(23)22(10-5-9-21(2)3)14-8-11-27(24,25)12-14/h4,6-7,14H,5,8-12H2,1-3H3. The highest BCUT2D eigenvalue weighted by atomic mass is 32.2. The van der Waals surface area contributed by atoms with Gasteiger partial charge in [0.25, 0.3) is 5.91 Å². The van der Waals surface area contributed by atoms with Crippen molar-refractivity contribution in [1.82, 2.24) is 9.80 Å². The average Bonchev–Trinajstić information content (AvgIpc) is 3.11. The zero-order valence-electron chi connectivity index (χ0n) is 15.9. The number of hydrogen-bond donors (Lipinski definition) is 0. The molecule has 27 heavy (non-hydrogen) atoms. The van der Waals surface area contributed by atoms with E-state index in [2.05, 4.69) is 0 Å². The number of rotatable bonds is 6. The number of benzene rings is 1. The van der Waals surface area contributed by atoms with Gasteiger partial charge in [-0.2, -0.15) is 0 Å². The second kappa shape index (κ2) is 7.85. The fraction of sp³-hybridized carbons (Fsp3) is 0.526. The lowest BCUT2D eigenvalue weighted by Gasteiger charge is -2.28. The fourth-order valence-corrected chi connectivity index (χ4v) is 6.53. The molecule has 3 rings (SSSR count). The molecular formula is C19H25FN2O3S2. The van der Waals surface area contributed by atoms with Crippen molar-refractivity contribution in [3.05, 3.63) is 34.5 Å². The van der Waals surface area contributed by atoms with Crippen molar-refractivity contribution in [3.8, 4) is 0 Å². The Morgan fingerprint density at radius 3 is 2.63 bits per heavy atom. The van der Waals surface area contributed by atoms with E-state index in [1.165, 1.54) is 17.4 Å². The van der Waals surface area contributed by atoms with Crippen molar-refractivity contribution in [2.75, 3.05) is 38.7 Å². The molecule has 1 fully saturated rings. The van der Waals surface area contributed by atoms with Crippen molar-refractivity contribution in [3.63, 3.8) is 0 Å². The summed E-state index contributed by atoms with van der Waals surface area (Å²) in [7, 11) is 0.827. The van der Waals surface area contributed by atoms with Crippen molar-refractivity contribution in [2.24, 2.45) is 0 Å². The molecule has 1 saturated heterocycles. The number of halogens is 1. The Bertz CT molecular complexity index is 953. The maximum absolute atomic E-state index is 14.2. The van der Waals surface area contributed by atoms with Gasteiger partial charge in [0, 0.05) is 22.7 Å². The van der Waals surface area contributed by atoms with Crippen LogP contribution < -0.4 is 0 Å². The van der Waals surface area contributed by atoms with Gasteiger partial charge >= 0.3 is 0 Å². The van der Waals surface area contributed by atoms with Crippen LogP contribution in [-0.2, 0) is 9.84 Å². The smallest absolute Gasteiger partial charge is 0.264 e. The zero-order chi connectivity index (χ0) is 19.8. The van der Waals surface area contributed by atoms with Crippen LogP contribution in [0, 0.1) is 12.7 Å². The number of sulfone groups is 1. The fourth-order valence-electron chi connectivity index (χ4n) is 3.62. The third-order valence-electron chi connectivity index (χ3n) is 5.01. The third kappa shape index (κ3) is 4.33. The van der Waals surface area contributed by atoms with E-state index >= 15 is 0 Å². The minimum absolute atomic E-state index is 0.0129. The summed E-state index contributed by atoms with van der Waals surface area (Å²) in [6.07, 6.45) is 1.22. The number of carbonyl (C=O) groups is 1. The largest absolute Gasteiger partial charge is 0.334 e. The highest BCUT2D eigenvalue weighted by Gasteiger charge is 2.36. The number of amides is 1. The molecule has 1 aromatic heterocycles. The SMILES string of the molecule is Cc1c(C(=O)N(CCCN(C)C)C2CCS(=O)(=O)C2)sc2cccc(F)c12. The first-order chi connectivity index (χ1) is 12.7. The van der Waals surface area contributed by atoms with E-state index in [-0.39, 0.29) is 29.3 Å². The molecule has 2 aromatic rings. The molecule has 1 atom stereocenters. The van der Waals surface area contributed by atoms with Crippen molar-refractivity contribution < 1.29 is 17.6 Å². The Balaban J connectivity index is 1.92. The maximum Gasteiger partial charge on any atom is 0.264 e. The van der Waals surface area contributed by atoms with E-state index < -0.39 is 9.84 Å². The molecule has 0 spiro atoms. The van der Waals surface area contributed by atoms with E-state index in [0.717, 1.165) is 17.7 Å². The van der Waals surface area contributed by atoms with E-state index in [4.69, 9.17) is 0 Å². The van der Waals surface area contributed by atoms with Crippen LogP contribution >= 0.6 is 11.3 Å². The summed E-state index contributed by atoms with van der Waals surface area (Å²) in [5.74, 6) is -0.384. The topological polar surface area (TPSA) is 57.7 Å².